The van der Waals surface area contributed by atoms with E-state index in [1.807, 2.05) is 6.07 Å². The molecule has 11 aromatic carbocycles. The minimum Gasteiger partial charge on any atom is -0.456 e. The van der Waals surface area contributed by atoms with Crippen LogP contribution in [0.15, 0.2) is 247 Å². The molecular weight excluding hydrogens is 919 g/mol. The summed E-state index contributed by atoms with van der Waals surface area (Å²) in [5.41, 5.74) is 23.0. The number of nitrogens with zero attached hydrogens (tertiary/aromatic N) is 1. The van der Waals surface area contributed by atoms with Crippen molar-refractivity contribution < 1.29 is 4.42 Å². The Kier molecular flexibility index (Phi) is 11.1. The number of furan rings is 1. The van der Waals surface area contributed by atoms with Gasteiger partial charge in [-0.2, -0.15) is 0 Å². The second-order valence-corrected chi connectivity index (χ2v) is 23.0. The fourth-order valence-corrected chi connectivity index (χ4v) is 12.3. The van der Waals surface area contributed by atoms with Gasteiger partial charge in [0.25, 0.3) is 0 Å². The predicted molar refractivity (Wildman–Crippen MR) is 322 cm³/mol. The average Bonchev–Trinajstić information content (AvgIpc) is 4.08. The second-order valence-electron chi connectivity index (χ2n) is 23.0. The number of benzene rings is 11. The number of hydrogen-bond acceptors (Lipinski definition) is 2. The van der Waals surface area contributed by atoms with Gasteiger partial charge in [0.2, 0.25) is 0 Å². The SMILES string of the molecule is CC(C)(C)c1cc(-c2cccc3cccc(-c4ccccc4N(c4ccccc4-c4ccc5c(c4)oc4ccccc45)c4ccccc4-c4cccc5c4-c4ccccc4C5(C)c4ccccc4)c23)cc(C(C)(C)C)c1. The van der Waals surface area contributed by atoms with Crippen molar-refractivity contribution in [2.45, 2.75) is 64.7 Å². The largest absolute Gasteiger partial charge is 0.456 e. The highest BCUT2D eigenvalue weighted by molar-refractivity contribution is 6.11. The normalized spacial score (nSPS) is 14.3. The van der Waals surface area contributed by atoms with Crippen LogP contribution in [0.4, 0.5) is 17.1 Å². The molecule has 1 aliphatic carbocycles. The van der Waals surface area contributed by atoms with E-state index in [1.54, 1.807) is 0 Å². The Bertz CT molecular complexity index is 4180. The molecule has 368 valence electrons. The molecule has 0 N–H and O–H groups in total. The third kappa shape index (κ3) is 7.69. The number of fused-ring (bicyclic) bond motifs is 7. The zero-order chi connectivity index (χ0) is 51.9. The summed E-state index contributed by atoms with van der Waals surface area (Å²) >= 11 is 0. The number of rotatable bonds is 8. The van der Waals surface area contributed by atoms with Crippen molar-refractivity contribution in [3.8, 4) is 55.6 Å². The maximum absolute atomic E-state index is 6.58. The van der Waals surface area contributed by atoms with E-state index in [1.165, 1.54) is 72.0 Å². The summed E-state index contributed by atoms with van der Waals surface area (Å²) in [7, 11) is 0. The van der Waals surface area contributed by atoms with Gasteiger partial charge in [0.05, 0.1) is 17.1 Å². The molecule has 0 fully saturated rings. The summed E-state index contributed by atoms with van der Waals surface area (Å²) < 4.78 is 6.58. The summed E-state index contributed by atoms with van der Waals surface area (Å²) in [6.07, 6.45) is 0. The summed E-state index contributed by atoms with van der Waals surface area (Å²) in [4.78, 5) is 2.54. The van der Waals surface area contributed by atoms with Crippen LogP contribution in [0.2, 0.25) is 0 Å². The zero-order valence-corrected chi connectivity index (χ0v) is 44.4. The molecule has 76 heavy (non-hydrogen) atoms. The van der Waals surface area contributed by atoms with Crippen LogP contribution >= 0.6 is 0 Å². The fraction of sp³-hybridized carbons (Fsp3) is 0.135. The van der Waals surface area contributed by atoms with Gasteiger partial charge in [-0.1, -0.05) is 248 Å². The van der Waals surface area contributed by atoms with E-state index in [9.17, 15) is 0 Å². The molecule has 12 aromatic rings. The van der Waals surface area contributed by atoms with Crippen molar-refractivity contribution >= 4 is 49.8 Å². The van der Waals surface area contributed by atoms with E-state index in [2.05, 4.69) is 290 Å². The topological polar surface area (TPSA) is 16.4 Å². The molecule has 1 unspecified atom stereocenters. The van der Waals surface area contributed by atoms with E-state index in [-0.39, 0.29) is 16.2 Å². The van der Waals surface area contributed by atoms with E-state index in [0.29, 0.717) is 0 Å². The third-order valence-corrected chi connectivity index (χ3v) is 16.3. The van der Waals surface area contributed by atoms with Crippen LogP contribution in [0.25, 0.3) is 88.3 Å². The summed E-state index contributed by atoms with van der Waals surface area (Å²) in [6, 6.07) is 90.1. The summed E-state index contributed by atoms with van der Waals surface area (Å²) in [5, 5.41) is 4.67. The second kappa shape index (κ2) is 18.0. The number of para-hydroxylation sites is 4. The maximum Gasteiger partial charge on any atom is 0.136 e. The first-order valence-electron chi connectivity index (χ1n) is 26.8. The van der Waals surface area contributed by atoms with Crippen molar-refractivity contribution in [2.75, 3.05) is 4.90 Å². The van der Waals surface area contributed by atoms with Crippen molar-refractivity contribution in [3.05, 3.63) is 270 Å². The fourth-order valence-electron chi connectivity index (χ4n) is 12.3. The molecular formula is C74H61NO. The lowest BCUT2D eigenvalue weighted by Gasteiger charge is -2.32. The molecule has 0 bridgehead atoms. The lowest BCUT2D eigenvalue weighted by atomic mass is 9.74. The molecule has 0 spiro atoms. The molecule has 0 saturated carbocycles. The standard InChI is InChI=1S/C74H61NO/c1-72(2,3)52-44-50(45-53(47-52)73(4,5)6)55-33-21-24-48-25-22-34-60(70(48)55)56-29-13-18-39-66(56)75(65-38-17-12-28-54(65)49-42-43-59-58-31-15-20-41-68(58)76-69(59)46-49)67-40-19-14-30-57(67)61-35-23-37-64-71(61)62-32-11-16-36-63(62)74(64,7)51-26-9-8-10-27-51/h8-47H,1-7H3. The Labute approximate surface area is 447 Å². The Morgan fingerprint density at radius 3 is 1.54 bits per heavy atom. The summed E-state index contributed by atoms with van der Waals surface area (Å²) in [6.45, 7) is 16.4. The highest BCUT2D eigenvalue weighted by Gasteiger charge is 2.42. The van der Waals surface area contributed by atoms with Crippen LogP contribution in [0.3, 0.4) is 0 Å². The molecule has 0 radical (unpaired) electrons. The van der Waals surface area contributed by atoms with E-state index < -0.39 is 0 Å². The maximum atomic E-state index is 6.58. The van der Waals surface area contributed by atoms with Gasteiger partial charge < -0.3 is 9.32 Å². The first-order valence-corrected chi connectivity index (χ1v) is 26.8. The molecule has 0 aliphatic heterocycles. The Morgan fingerprint density at radius 1 is 0.355 bits per heavy atom. The highest BCUT2D eigenvalue weighted by atomic mass is 16.3. The molecule has 1 atom stereocenters. The van der Waals surface area contributed by atoms with Gasteiger partial charge in [0, 0.05) is 32.9 Å². The quantitative estimate of drug-likeness (QED) is 0.151. The van der Waals surface area contributed by atoms with E-state index in [0.717, 1.165) is 61.3 Å². The predicted octanol–water partition coefficient (Wildman–Crippen LogP) is 20.8. The Hall–Kier alpha value is -8.72. The monoisotopic (exact) mass is 979 g/mol. The van der Waals surface area contributed by atoms with Crippen LogP contribution in [0, 0.1) is 0 Å². The van der Waals surface area contributed by atoms with Gasteiger partial charge in [-0.15, -0.1) is 0 Å². The smallest absolute Gasteiger partial charge is 0.136 e. The molecule has 1 aliphatic rings. The minimum atomic E-state index is -0.349. The first-order chi connectivity index (χ1) is 36.9. The number of hydrogen-bond donors (Lipinski definition) is 0. The van der Waals surface area contributed by atoms with E-state index >= 15 is 0 Å². The molecule has 2 nitrogen and oxygen atoms in total. The highest BCUT2D eigenvalue weighted by Crippen LogP contribution is 2.57. The lowest BCUT2D eigenvalue weighted by molar-refractivity contribution is 0.569. The van der Waals surface area contributed by atoms with Gasteiger partial charge in [-0.3, -0.25) is 0 Å². The van der Waals surface area contributed by atoms with Crippen molar-refractivity contribution in [2.24, 2.45) is 0 Å². The molecule has 0 amide bonds. The molecule has 13 rings (SSSR count). The van der Waals surface area contributed by atoms with Crippen molar-refractivity contribution in [1.82, 2.24) is 0 Å². The third-order valence-electron chi connectivity index (χ3n) is 16.3. The molecule has 2 heteroatoms. The molecule has 0 saturated heterocycles. The van der Waals surface area contributed by atoms with Crippen LogP contribution in [0.1, 0.15) is 76.3 Å². The van der Waals surface area contributed by atoms with Gasteiger partial charge in [-0.25, -0.2) is 0 Å². The van der Waals surface area contributed by atoms with Crippen LogP contribution in [-0.4, -0.2) is 0 Å². The van der Waals surface area contributed by atoms with Gasteiger partial charge in [-0.05, 0) is 132 Å². The van der Waals surface area contributed by atoms with Crippen molar-refractivity contribution in [3.63, 3.8) is 0 Å². The van der Waals surface area contributed by atoms with Crippen LogP contribution < -0.4 is 4.90 Å². The van der Waals surface area contributed by atoms with Gasteiger partial charge in [0.1, 0.15) is 11.2 Å². The first kappa shape index (κ1) is 47.0. The average molecular weight is 980 g/mol. The zero-order valence-electron chi connectivity index (χ0n) is 44.4. The Balaban J connectivity index is 1.09. The molecule has 1 aromatic heterocycles. The van der Waals surface area contributed by atoms with Crippen LogP contribution in [-0.2, 0) is 16.2 Å². The Morgan fingerprint density at radius 2 is 0.855 bits per heavy atom. The van der Waals surface area contributed by atoms with Gasteiger partial charge >= 0.3 is 0 Å². The van der Waals surface area contributed by atoms with Gasteiger partial charge in [0.15, 0.2) is 0 Å². The number of anilines is 3. The minimum absolute atomic E-state index is 0.0344. The lowest BCUT2D eigenvalue weighted by Crippen LogP contribution is -2.22. The summed E-state index contributed by atoms with van der Waals surface area (Å²) in [5.74, 6) is 0. The van der Waals surface area contributed by atoms with Crippen molar-refractivity contribution in [1.29, 1.82) is 0 Å². The van der Waals surface area contributed by atoms with E-state index in [4.69, 9.17) is 4.42 Å². The van der Waals surface area contributed by atoms with Crippen LogP contribution in [0.5, 0.6) is 0 Å². The molecule has 1 heterocycles.